The molecule has 1 saturated heterocycles. The van der Waals surface area contributed by atoms with Crippen LogP contribution in [0.5, 0.6) is 0 Å². The molecular formula is C14H26O6. The van der Waals surface area contributed by atoms with E-state index in [1.807, 2.05) is 27.7 Å². The molecule has 118 valence electrons. The quantitative estimate of drug-likeness (QED) is 0.585. The van der Waals surface area contributed by atoms with Gasteiger partial charge in [-0.25, -0.2) is 9.78 Å². The van der Waals surface area contributed by atoms with E-state index >= 15 is 0 Å². The Bertz CT molecular complexity index is 306. The third-order valence-corrected chi connectivity index (χ3v) is 3.18. The molecule has 1 fully saturated rings. The van der Waals surface area contributed by atoms with E-state index in [9.17, 15) is 4.79 Å². The van der Waals surface area contributed by atoms with Gasteiger partial charge in [0.05, 0.1) is 11.2 Å². The summed E-state index contributed by atoms with van der Waals surface area (Å²) < 4.78 is 5.33. The fourth-order valence-corrected chi connectivity index (χ4v) is 1.68. The summed E-state index contributed by atoms with van der Waals surface area (Å²) in [5.74, 6) is -1.46. The van der Waals surface area contributed by atoms with Gasteiger partial charge in [0, 0.05) is 6.61 Å². The summed E-state index contributed by atoms with van der Waals surface area (Å²) in [7, 11) is 0. The molecule has 6 nitrogen and oxygen atoms in total. The first kappa shape index (κ1) is 17.5. The predicted molar refractivity (Wildman–Crippen MR) is 71.6 cm³/mol. The highest BCUT2D eigenvalue weighted by atomic mass is 17.3. The van der Waals surface area contributed by atoms with Crippen molar-refractivity contribution in [3.05, 3.63) is 0 Å². The molecule has 0 aromatic carbocycles. The number of aldehydes is 1. The zero-order valence-electron chi connectivity index (χ0n) is 13.2. The average molecular weight is 290 g/mol. The van der Waals surface area contributed by atoms with Gasteiger partial charge in [0.15, 0.2) is 12.4 Å². The first-order valence-corrected chi connectivity index (χ1v) is 6.95. The Morgan fingerprint density at radius 3 is 1.80 bits per heavy atom. The smallest absolute Gasteiger partial charge is 0.263 e. The first-order valence-electron chi connectivity index (χ1n) is 6.95. The maximum atomic E-state index is 11.2. The molecule has 1 unspecified atom stereocenters. The Labute approximate surface area is 120 Å². The van der Waals surface area contributed by atoms with Crippen LogP contribution in [-0.2, 0) is 29.1 Å². The molecule has 0 saturated carbocycles. The normalized spacial score (nSPS) is 26.9. The van der Waals surface area contributed by atoms with Crippen molar-refractivity contribution in [3.8, 4) is 0 Å². The van der Waals surface area contributed by atoms with Gasteiger partial charge in [-0.2, -0.15) is 9.78 Å². The summed E-state index contributed by atoms with van der Waals surface area (Å²) in [5, 5.41) is 0. The predicted octanol–water partition coefficient (Wildman–Crippen LogP) is 2.55. The fraction of sp³-hybridized carbons (Fsp3) is 0.929. The highest BCUT2D eigenvalue weighted by molar-refractivity contribution is 5.57. The molecular weight excluding hydrogens is 264 g/mol. The van der Waals surface area contributed by atoms with Crippen molar-refractivity contribution in [1.82, 2.24) is 0 Å². The SMILES string of the molecule is CCOC(C=O)C1(C)OOC(C)(C)CCC(C)(C)OO1. The lowest BCUT2D eigenvalue weighted by molar-refractivity contribution is -0.541. The average Bonchev–Trinajstić information content (AvgIpc) is 2.42. The second-order valence-corrected chi connectivity index (χ2v) is 6.38. The lowest BCUT2D eigenvalue weighted by atomic mass is 9.94. The molecule has 0 aromatic heterocycles. The topological polar surface area (TPSA) is 63.2 Å². The second-order valence-electron chi connectivity index (χ2n) is 6.38. The van der Waals surface area contributed by atoms with Crippen molar-refractivity contribution >= 4 is 6.29 Å². The summed E-state index contributed by atoms with van der Waals surface area (Å²) in [4.78, 5) is 32.8. The van der Waals surface area contributed by atoms with Crippen molar-refractivity contribution in [1.29, 1.82) is 0 Å². The Morgan fingerprint density at radius 2 is 1.45 bits per heavy atom. The first-order chi connectivity index (χ1) is 9.14. The molecule has 1 rings (SSSR count). The van der Waals surface area contributed by atoms with Crippen LogP contribution in [0.4, 0.5) is 0 Å². The van der Waals surface area contributed by atoms with Crippen LogP contribution in [-0.4, -0.2) is 36.0 Å². The molecule has 20 heavy (non-hydrogen) atoms. The van der Waals surface area contributed by atoms with Crippen LogP contribution in [0.25, 0.3) is 0 Å². The van der Waals surface area contributed by atoms with E-state index in [1.54, 1.807) is 13.8 Å². The Balaban J connectivity index is 2.95. The molecule has 0 radical (unpaired) electrons. The summed E-state index contributed by atoms with van der Waals surface area (Å²) in [6.45, 7) is 11.3. The van der Waals surface area contributed by atoms with Crippen molar-refractivity contribution in [2.75, 3.05) is 6.61 Å². The summed E-state index contributed by atoms with van der Waals surface area (Å²) in [6, 6.07) is 0. The minimum atomic E-state index is -1.46. The minimum absolute atomic E-state index is 0.346. The van der Waals surface area contributed by atoms with Gasteiger partial charge in [0.25, 0.3) is 5.79 Å². The lowest BCUT2D eigenvalue weighted by Crippen LogP contribution is -2.49. The molecule has 0 amide bonds. The summed E-state index contributed by atoms with van der Waals surface area (Å²) in [5.41, 5.74) is -1.04. The van der Waals surface area contributed by atoms with Crippen LogP contribution >= 0.6 is 0 Å². The van der Waals surface area contributed by atoms with Crippen molar-refractivity contribution < 1.29 is 29.1 Å². The molecule has 1 aliphatic rings. The van der Waals surface area contributed by atoms with Crippen LogP contribution in [0.3, 0.4) is 0 Å². The maximum absolute atomic E-state index is 11.2. The highest BCUT2D eigenvalue weighted by Crippen LogP contribution is 2.33. The van der Waals surface area contributed by atoms with E-state index in [-0.39, 0.29) is 0 Å². The molecule has 0 spiro atoms. The van der Waals surface area contributed by atoms with Crippen molar-refractivity contribution in [2.45, 2.75) is 77.5 Å². The second kappa shape index (κ2) is 6.49. The van der Waals surface area contributed by atoms with E-state index in [0.29, 0.717) is 12.9 Å². The van der Waals surface area contributed by atoms with Crippen LogP contribution in [0.2, 0.25) is 0 Å². The fourth-order valence-electron chi connectivity index (χ4n) is 1.68. The molecule has 0 aromatic rings. The van der Waals surface area contributed by atoms with E-state index < -0.39 is 23.1 Å². The van der Waals surface area contributed by atoms with Crippen molar-refractivity contribution in [2.24, 2.45) is 0 Å². The molecule has 6 heteroatoms. The monoisotopic (exact) mass is 290 g/mol. The largest absolute Gasteiger partial charge is 0.365 e. The van der Waals surface area contributed by atoms with E-state index in [4.69, 9.17) is 24.3 Å². The summed E-state index contributed by atoms with van der Waals surface area (Å²) in [6.07, 6.45) is 1.12. The van der Waals surface area contributed by atoms with Gasteiger partial charge < -0.3 is 9.53 Å². The number of hydrogen-bond acceptors (Lipinski definition) is 6. The van der Waals surface area contributed by atoms with E-state index in [0.717, 1.165) is 12.8 Å². The molecule has 1 heterocycles. The van der Waals surface area contributed by atoms with Crippen LogP contribution < -0.4 is 0 Å². The van der Waals surface area contributed by atoms with Crippen LogP contribution in [0.1, 0.15) is 54.4 Å². The van der Waals surface area contributed by atoms with Gasteiger partial charge in [-0.15, -0.1) is 0 Å². The van der Waals surface area contributed by atoms with Gasteiger partial charge in [0.1, 0.15) is 0 Å². The molecule has 0 aliphatic carbocycles. The zero-order valence-corrected chi connectivity index (χ0v) is 13.2. The minimum Gasteiger partial charge on any atom is -0.365 e. The zero-order chi connectivity index (χ0) is 15.4. The molecule has 1 atom stereocenters. The lowest BCUT2D eigenvalue weighted by Gasteiger charge is -2.34. The third-order valence-electron chi connectivity index (χ3n) is 3.18. The van der Waals surface area contributed by atoms with E-state index in [2.05, 4.69) is 0 Å². The standard InChI is InChI=1S/C14H26O6/c1-7-16-11(10-15)14(6)19-17-12(2,3)8-9-13(4,5)18-20-14/h10-11H,7-9H2,1-6H3. The maximum Gasteiger partial charge on any atom is 0.263 e. The Kier molecular flexibility index (Phi) is 5.69. The van der Waals surface area contributed by atoms with Gasteiger partial charge >= 0.3 is 0 Å². The van der Waals surface area contributed by atoms with Crippen LogP contribution in [0.15, 0.2) is 0 Å². The number of carbonyl (C=O) groups excluding carboxylic acids is 1. The highest BCUT2D eigenvalue weighted by Gasteiger charge is 2.45. The van der Waals surface area contributed by atoms with Gasteiger partial charge in [0.2, 0.25) is 0 Å². The van der Waals surface area contributed by atoms with Crippen molar-refractivity contribution in [3.63, 3.8) is 0 Å². The van der Waals surface area contributed by atoms with E-state index in [1.165, 1.54) is 0 Å². The van der Waals surface area contributed by atoms with Gasteiger partial charge in [-0.1, -0.05) is 0 Å². The molecule has 0 bridgehead atoms. The van der Waals surface area contributed by atoms with Gasteiger partial charge in [-0.05, 0) is 54.4 Å². The molecule has 0 N–H and O–H groups in total. The number of hydrogen-bond donors (Lipinski definition) is 0. The third kappa shape index (κ3) is 4.79. The number of rotatable bonds is 4. The van der Waals surface area contributed by atoms with Crippen LogP contribution in [0, 0.1) is 0 Å². The molecule has 1 aliphatic heterocycles. The Hall–Kier alpha value is -0.530. The number of ether oxygens (including phenoxy) is 1. The Morgan fingerprint density at radius 1 is 1.00 bits per heavy atom. The summed E-state index contributed by atoms with van der Waals surface area (Å²) >= 11 is 0. The van der Waals surface area contributed by atoms with Gasteiger partial charge in [-0.3, -0.25) is 0 Å². The number of carbonyl (C=O) groups is 1.